The van der Waals surface area contributed by atoms with E-state index in [9.17, 15) is 9.18 Å². The molecule has 5 heteroatoms. The fourth-order valence-electron chi connectivity index (χ4n) is 2.41. The average molecular weight is 294 g/mol. The van der Waals surface area contributed by atoms with Crippen LogP contribution in [0, 0.1) is 5.82 Å². The number of likely N-dealkylation sites (tertiary alicyclic amines) is 1. The number of amides is 1. The summed E-state index contributed by atoms with van der Waals surface area (Å²) in [5.41, 5.74) is 0. The fourth-order valence-corrected chi connectivity index (χ4v) is 2.41. The molecule has 1 saturated heterocycles. The standard InChI is InChI=1S/C16H23FN2O2/c1-18(11-12-19-9-5-2-6-10-19)16(20)13-21-15-8-4-3-7-14(15)17/h3-4,7-8H,2,5-6,9-13H2,1H3. The van der Waals surface area contributed by atoms with Crippen molar-refractivity contribution in [3.63, 3.8) is 0 Å². The van der Waals surface area contributed by atoms with Crippen LogP contribution in [-0.4, -0.2) is 55.5 Å². The second-order valence-electron chi connectivity index (χ2n) is 5.44. The Morgan fingerprint density at radius 3 is 2.71 bits per heavy atom. The molecule has 0 N–H and O–H groups in total. The minimum Gasteiger partial charge on any atom is -0.481 e. The molecule has 0 aliphatic carbocycles. The van der Waals surface area contributed by atoms with Crippen LogP contribution in [0.3, 0.4) is 0 Å². The number of piperidine rings is 1. The summed E-state index contributed by atoms with van der Waals surface area (Å²) < 4.78 is 18.6. The van der Waals surface area contributed by atoms with Crippen LogP contribution >= 0.6 is 0 Å². The number of carbonyl (C=O) groups is 1. The lowest BCUT2D eigenvalue weighted by Gasteiger charge is -2.28. The van der Waals surface area contributed by atoms with E-state index in [0.29, 0.717) is 6.54 Å². The number of nitrogens with zero attached hydrogens (tertiary/aromatic N) is 2. The zero-order valence-corrected chi connectivity index (χ0v) is 12.6. The van der Waals surface area contributed by atoms with E-state index in [1.807, 2.05) is 0 Å². The van der Waals surface area contributed by atoms with Crippen molar-refractivity contribution < 1.29 is 13.9 Å². The Labute approximate surface area is 125 Å². The first kappa shape index (κ1) is 15.8. The maximum atomic E-state index is 13.4. The molecule has 1 aliphatic rings. The summed E-state index contributed by atoms with van der Waals surface area (Å²) in [6, 6.07) is 6.12. The number of hydrogen-bond donors (Lipinski definition) is 0. The van der Waals surface area contributed by atoms with E-state index < -0.39 is 5.82 Å². The van der Waals surface area contributed by atoms with E-state index in [1.165, 1.54) is 31.4 Å². The molecule has 0 atom stereocenters. The first-order valence-corrected chi connectivity index (χ1v) is 7.50. The van der Waals surface area contributed by atoms with Gasteiger partial charge in [-0.2, -0.15) is 0 Å². The second-order valence-corrected chi connectivity index (χ2v) is 5.44. The molecule has 4 nitrogen and oxygen atoms in total. The highest BCUT2D eigenvalue weighted by atomic mass is 19.1. The molecular formula is C16H23FN2O2. The number of benzene rings is 1. The molecule has 1 heterocycles. The molecule has 1 aliphatic heterocycles. The largest absolute Gasteiger partial charge is 0.481 e. The molecule has 0 saturated carbocycles. The molecule has 1 aromatic rings. The van der Waals surface area contributed by atoms with Crippen molar-refractivity contribution in [2.45, 2.75) is 19.3 Å². The lowest BCUT2D eigenvalue weighted by molar-refractivity contribution is -0.132. The van der Waals surface area contributed by atoms with Crippen LogP contribution in [0.4, 0.5) is 4.39 Å². The van der Waals surface area contributed by atoms with Crippen molar-refractivity contribution in [3.05, 3.63) is 30.1 Å². The number of hydrogen-bond acceptors (Lipinski definition) is 3. The third-order valence-electron chi connectivity index (χ3n) is 3.81. The van der Waals surface area contributed by atoms with Gasteiger partial charge in [-0.15, -0.1) is 0 Å². The highest BCUT2D eigenvalue weighted by Crippen LogP contribution is 2.15. The topological polar surface area (TPSA) is 32.8 Å². The normalized spacial score (nSPS) is 15.7. The Morgan fingerprint density at radius 2 is 2.00 bits per heavy atom. The van der Waals surface area contributed by atoms with Crippen LogP contribution < -0.4 is 4.74 Å². The fraction of sp³-hybridized carbons (Fsp3) is 0.562. The maximum absolute atomic E-state index is 13.4. The van der Waals surface area contributed by atoms with Crippen LogP contribution in [0.2, 0.25) is 0 Å². The summed E-state index contributed by atoms with van der Waals surface area (Å²) in [5.74, 6) is -0.452. The predicted octanol–water partition coefficient (Wildman–Crippen LogP) is 2.15. The minimum absolute atomic E-state index is 0.121. The Hall–Kier alpha value is -1.62. The van der Waals surface area contributed by atoms with Gasteiger partial charge in [0.05, 0.1) is 0 Å². The van der Waals surface area contributed by atoms with Gasteiger partial charge in [0.1, 0.15) is 0 Å². The Balaban J connectivity index is 1.71. The smallest absolute Gasteiger partial charge is 0.260 e. The molecule has 0 aromatic heterocycles. The van der Waals surface area contributed by atoms with Gasteiger partial charge in [0.25, 0.3) is 5.91 Å². The molecule has 1 fully saturated rings. The van der Waals surface area contributed by atoms with E-state index in [0.717, 1.165) is 19.6 Å². The summed E-state index contributed by atoms with van der Waals surface area (Å²) >= 11 is 0. The zero-order chi connectivity index (χ0) is 15.1. The summed E-state index contributed by atoms with van der Waals surface area (Å²) in [4.78, 5) is 16.0. The van der Waals surface area contributed by atoms with Crippen molar-refractivity contribution in [3.8, 4) is 5.75 Å². The van der Waals surface area contributed by atoms with Crippen LogP contribution in [0.5, 0.6) is 5.75 Å². The van der Waals surface area contributed by atoms with Crippen molar-refractivity contribution >= 4 is 5.91 Å². The van der Waals surface area contributed by atoms with E-state index in [4.69, 9.17) is 4.74 Å². The summed E-state index contributed by atoms with van der Waals surface area (Å²) in [5, 5.41) is 0. The lowest BCUT2D eigenvalue weighted by atomic mass is 10.1. The number of halogens is 1. The molecule has 116 valence electrons. The van der Waals surface area contributed by atoms with Gasteiger partial charge in [-0.3, -0.25) is 4.79 Å². The third-order valence-corrected chi connectivity index (χ3v) is 3.81. The molecule has 21 heavy (non-hydrogen) atoms. The molecule has 1 amide bonds. The van der Waals surface area contributed by atoms with Crippen molar-refractivity contribution in [2.75, 3.05) is 39.8 Å². The Morgan fingerprint density at radius 1 is 1.29 bits per heavy atom. The highest BCUT2D eigenvalue weighted by Gasteiger charge is 2.14. The van der Waals surface area contributed by atoms with Gasteiger partial charge < -0.3 is 14.5 Å². The van der Waals surface area contributed by atoms with Gasteiger partial charge in [-0.05, 0) is 38.1 Å². The van der Waals surface area contributed by atoms with Gasteiger partial charge in [-0.1, -0.05) is 18.6 Å². The van der Waals surface area contributed by atoms with Gasteiger partial charge in [-0.25, -0.2) is 4.39 Å². The van der Waals surface area contributed by atoms with Crippen molar-refractivity contribution in [1.82, 2.24) is 9.80 Å². The summed E-state index contributed by atoms with van der Waals surface area (Å²) in [6.45, 7) is 3.68. The van der Waals surface area contributed by atoms with E-state index in [-0.39, 0.29) is 18.3 Å². The van der Waals surface area contributed by atoms with Gasteiger partial charge >= 0.3 is 0 Å². The molecule has 0 spiro atoms. The van der Waals surface area contributed by atoms with Crippen LogP contribution in [-0.2, 0) is 4.79 Å². The van der Waals surface area contributed by atoms with Gasteiger partial charge in [0.15, 0.2) is 18.2 Å². The van der Waals surface area contributed by atoms with Crippen LogP contribution in [0.15, 0.2) is 24.3 Å². The van der Waals surface area contributed by atoms with Crippen molar-refractivity contribution in [2.24, 2.45) is 0 Å². The molecule has 0 bridgehead atoms. The summed E-state index contributed by atoms with van der Waals surface area (Å²) in [6.07, 6.45) is 3.80. The number of rotatable bonds is 6. The molecule has 1 aromatic carbocycles. The predicted molar refractivity (Wildman–Crippen MR) is 79.8 cm³/mol. The molecule has 2 rings (SSSR count). The lowest BCUT2D eigenvalue weighted by Crippen LogP contribution is -2.40. The average Bonchev–Trinajstić information content (AvgIpc) is 2.52. The molecule has 0 unspecified atom stereocenters. The van der Waals surface area contributed by atoms with Gasteiger partial charge in [0.2, 0.25) is 0 Å². The van der Waals surface area contributed by atoms with Gasteiger partial charge in [0, 0.05) is 20.1 Å². The first-order valence-electron chi connectivity index (χ1n) is 7.50. The van der Waals surface area contributed by atoms with E-state index in [2.05, 4.69) is 4.90 Å². The Kier molecular flexibility index (Phi) is 5.99. The highest BCUT2D eigenvalue weighted by molar-refractivity contribution is 5.77. The minimum atomic E-state index is -0.443. The third kappa shape index (κ3) is 5.01. The monoisotopic (exact) mass is 294 g/mol. The van der Waals surface area contributed by atoms with E-state index >= 15 is 0 Å². The number of likely N-dealkylation sites (N-methyl/N-ethyl adjacent to an activating group) is 1. The van der Waals surface area contributed by atoms with Crippen LogP contribution in [0.25, 0.3) is 0 Å². The number of para-hydroxylation sites is 1. The van der Waals surface area contributed by atoms with Crippen LogP contribution in [0.1, 0.15) is 19.3 Å². The maximum Gasteiger partial charge on any atom is 0.260 e. The number of carbonyl (C=O) groups excluding carboxylic acids is 1. The zero-order valence-electron chi connectivity index (χ0n) is 12.6. The molecular weight excluding hydrogens is 271 g/mol. The quantitative estimate of drug-likeness (QED) is 0.806. The first-order chi connectivity index (χ1) is 10.2. The Bertz CT molecular complexity index is 461. The summed E-state index contributed by atoms with van der Waals surface area (Å²) in [7, 11) is 1.76. The number of ether oxygens (including phenoxy) is 1. The van der Waals surface area contributed by atoms with E-state index in [1.54, 1.807) is 24.1 Å². The SMILES string of the molecule is CN(CCN1CCCCC1)C(=O)COc1ccccc1F. The second kappa shape index (κ2) is 7.98. The van der Waals surface area contributed by atoms with Crippen molar-refractivity contribution in [1.29, 1.82) is 0 Å². The molecule has 0 radical (unpaired) electrons.